The third kappa shape index (κ3) is 19.8. The van der Waals surface area contributed by atoms with Gasteiger partial charge in [-0.25, -0.2) is 9.59 Å². The van der Waals surface area contributed by atoms with Gasteiger partial charge in [-0.15, -0.1) is 34.0 Å². The number of aldehydes is 1. The fourth-order valence-electron chi connectivity index (χ4n) is 9.37. The minimum absolute atomic E-state index is 0.139. The molecule has 0 fully saturated rings. The molecule has 1 N–H and O–H groups in total. The van der Waals surface area contributed by atoms with E-state index < -0.39 is 22.2 Å². The number of aryl methyl sites for hydroxylation is 1. The Morgan fingerprint density at radius 2 is 0.977 bits per heavy atom. The Hall–Kier alpha value is -6.86. The first-order valence-corrected chi connectivity index (χ1v) is 39.9. The summed E-state index contributed by atoms with van der Waals surface area (Å²) in [5.41, 5.74) is 13.0. The maximum absolute atomic E-state index is 13.7. The lowest BCUT2D eigenvalue weighted by atomic mass is 9.94. The van der Waals surface area contributed by atoms with Crippen LogP contribution in [0.3, 0.4) is 0 Å². The lowest BCUT2D eigenvalue weighted by Gasteiger charge is -2.23. The van der Waals surface area contributed by atoms with Crippen LogP contribution < -0.4 is 5.32 Å². The number of alkyl carbamates (subject to hydrolysis) is 1. The highest BCUT2D eigenvalue weighted by Crippen LogP contribution is 2.42. The molecule has 0 saturated heterocycles. The summed E-state index contributed by atoms with van der Waals surface area (Å²) >= 11 is 4.89. The summed E-state index contributed by atoms with van der Waals surface area (Å²) in [5, 5.41) is 3.98. The van der Waals surface area contributed by atoms with Crippen molar-refractivity contribution in [1.29, 1.82) is 0 Å². The highest BCUT2D eigenvalue weighted by Gasteiger charge is 2.22. The van der Waals surface area contributed by atoms with Crippen LogP contribution in [0.4, 0.5) is 9.59 Å². The van der Waals surface area contributed by atoms with E-state index in [2.05, 4.69) is 238 Å². The first kappa shape index (κ1) is 66.1. The number of nitrogens with zero attached hydrogens (tertiary/aromatic N) is 1. The average Bonchev–Trinajstić information content (AvgIpc) is 1.97. The predicted molar refractivity (Wildman–Crippen MR) is 372 cm³/mol. The van der Waals surface area contributed by atoms with E-state index in [1.165, 1.54) is 43.0 Å². The lowest BCUT2D eigenvalue weighted by molar-refractivity contribution is 0.0356. The molecular formula is C73H84N2O7S3Si2. The van der Waals surface area contributed by atoms with Crippen LogP contribution in [0.2, 0.25) is 51.4 Å². The molecule has 9 nitrogen and oxygen atoms in total. The van der Waals surface area contributed by atoms with Crippen molar-refractivity contribution in [2.24, 2.45) is 10.8 Å². The molecule has 0 unspecified atom stereocenters. The number of carbonyl (C=O) groups is 3. The van der Waals surface area contributed by atoms with Crippen LogP contribution in [-0.4, -0.2) is 92.3 Å². The maximum atomic E-state index is 13.7. The zero-order chi connectivity index (χ0) is 62.5. The Morgan fingerprint density at radius 1 is 0.529 bits per heavy atom. The molecule has 0 radical (unpaired) electrons. The number of nitrogens with one attached hydrogen (secondary N) is 1. The van der Waals surface area contributed by atoms with Crippen LogP contribution in [0.15, 0.2) is 127 Å². The van der Waals surface area contributed by atoms with E-state index in [9.17, 15) is 14.4 Å². The fourth-order valence-corrected chi connectivity index (χ4v) is 13.8. The average molecular weight is 1250 g/mol. The van der Waals surface area contributed by atoms with Crippen LogP contribution in [-0.2, 0) is 25.5 Å². The first-order chi connectivity index (χ1) is 41.3. The van der Waals surface area contributed by atoms with Crippen molar-refractivity contribution in [2.45, 2.75) is 106 Å². The zero-order valence-corrected chi connectivity index (χ0v) is 57.5. The summed E-state index contributed by atoms with van der Waals surface area (Å²) in [4.78, 5) is 44.0. The van der Waals surface area contributed by atoms with Crippen molar-refractivity contribution in [1.82, 2.24) is 10.2 Å². The van der Waals surface area contributed by atoms with E-state index >= 15 is 0 Å². The van der Waals surface area contributed by atoms with Gasteiger partial charge in [0, 0.05) is 71.0 Å². The van der Waals surface area contributed by atoms with Crippen LogP contribution in [0.5, 0.6) is 0 Å². The van der Waals surface area contributed by atoms with Crippen LogP contribution in [0.1, 0.15) is 70.7 Å². The van der Waals surface area contributed by atoms with Gasteiger partial charge in [0.1, 0.15) is 0 Å². The normalized spacial score (nSPS) is 11.8. The van der Waals surface area contributed by atoms with Crippen molar-refractivity contribution < 1.29 is 33.3 Å². The quantitative estimate of drug-likeness (QED) is 0.0278. The van der Waals surface area contributed by atoms with Gasteiger partial charge in [-0.1, -0.05) is 172 Å². The Morgan fingerprint density at radius 3 is 1.48 bits per heavy atom. The SMILES string of the molecule is Cc1cc2c(-c3ccc(-c4ccc(-c5cc(CN(CCOCCOCCNC(=O)OCC[Si](C)(C)C)C(=O)OCC[Si](C)(C)C)sc5C#CC(C)(C)C)cc4)cc3)ccc(-c3ccc(-c4ccc(-c5cc(C=O)sc5C#CC(C)(C)C)cc4)cc3)c2s1. The van der Waals surface area contributed by atoms with Gasteiger partial charge in [0.25, 0.3) is 0 Å². The van der Waals surface area contributed by atoms with Gasteiger partial charge in [0.15, 0.2) is 6.29 Å². The van der Waals surface area contributed by atoms with Gasteiger partial charge in [-0.3, -0.25) is 4.79 Å². The number of thiophene rings is 3. The molecule has 8 aromatic rings. The van der Waals surface area contributed by atoms with Crippen molar-refractivity contribution in [3.05, 3.63) is 152 Å². The Labute approximate surface area is 530 Å². The molecule has 0 aliphatic carbocycles. The summed E-state index contributed by atoms with van der Waals surface area (Å²) in [6, 6.07) is 47.7. The van der Waals surface area contributed by atoms with Crippen molar-refractivity contribution >= 4 is 78.7 Å². The lowest BCUT2D eigenvalue weighted by Crippen LogP contribution is -2.35. The van der Waals surface area contributed by atoms with Gasteiger partial charge in [0.2, 0.25) is 0 Å². The van der Waals surface area contributed by atoms with E-state index in [0.717, 1.165) is 83.1 Å². The molecule has 5 aromatic carbocycles. The van der Waals surface area contributed by atoms with E-state index in [1.54, 1.807) is 16.2 Å². The molecule has 0 atom stereocenters. The number of rotatable bonds is 24. The second kappa shape index (κ2) is 29.4. The smallest absolute Gasteiger partial charge is 0.410 e. The fraction of sp³-hybridized carbons (Fsp3) is 0.356. The van der Waals surface area contributed by atoms with Crippen LogP contribution in [0.25, 0.3) is 76.8 Å². The van der Waals surface area contributed by atoms with Crippen molar-refractivity contribution in [3.63, 3.8) is 0 Å². The van der Waals surface area contributed by atoms with Gasteiger partial charge >= 0.3 is 12.2 Å². The Kier molecular flexibility index (Phi) is 22.4. The Bertz CT molecular complexity index is 3770. The summed E-state index contributed by atoms with van der Waals surface area (Å²) in [6.07, 6.45) is 0.122. The molecule has 0 aliphatic heterocycles. The topological polar surface area (TPSA) is 103 Å². The van der Waals surface area contributed by atoms with E-state index in [1.807, 2.05) is 17.4 Å². The summed E-state index contributed by atoms with van der Waals surface area (Å²) in [7, 11) is -2.71. The molecule has 0 saturated carbocycles. The molecule has 3 aromatic heterocycles. The predicted octanol–water partition coefficient (Wildman–Crippen LogP) is 19.3. The van der Waals surface area contributed by atoms with Gasteiger partial charge in [0.05, 0.1) is 60.8 Å². The maximum Gasteiger partial charge on any atom is 0.410 e. The molecule has 0 aliphatic rings. The third-order valence-electron chi connectivity index (χ3n) is 14.2. The third-order valence-corrected chi connectivity index (χ3v) is 20.7. The Balaban J connectivity index is 0.928. The van der Waals surface area contributed by atoms with E-state index in [0.29, 0.717) is 64.2 Å². The number of fused-ring (bicyclic) bond motifs is 1. The number of amides is 2. The van der Waals surface area contributed by atoms with Crippen molar-refractivity contribution in [2.75, 3.05) is 52.7 Å². The number of hydrogen-bond acceptors (Lipinski definition) is 10. The summed E-state index contributed by atoms with van der Waals surface area (Å²) in [5.74, 6) is 13.6. The molecule has 2 amide bonds. The van der Waals surface area contributed by atoms with Gasteiger partial charge in [-0.2, -0.15) is 0 Å². The largest absolute Gasteiger partial charge is 0.450 e. The highest BCUT2D eigenvalue weighted by molar-refractivity contribution is 7.19. The van der Waals surface area contributed by atoms with E-state index in [-0.39, 0.29) is 16.9 Å². The van der Waals surface area contributed by atoms with Gasteiger partial charge < -0.3 is 29.2 Å². The minimum Gasteiger partial charge on any atom is -0.450 e. The monoisotopic (exact) mass is 1250 g/mol. The molecular weight excluding hydrogens is 1170 g/mol. The second-order valence-electron chi connectivity index (χ2n) is 26.5. The summed E-state index contributed by atoms with van der Waals surface area (Å²) in [6.45, 7) is 31.6. The van der Waals surface area contributed by atoms with Crippen LogP contribution in [0, 0.1) is 41.4 Å². The molecule has 8 rings (SSSR count). The molecule has 87 heavy (non-hydrogen) atoms. The molecule has 454 valence electrons. The number of ether oxygens (including phenoxy) is 4. The molecule has 3 heterocycles. The second-order valence-corrected chi connectivity index (χ2v) is 41.2. The molecule has 0 bridgehead atoms. The minimum atomic E-state index is -1.43. The van der Waals surface area contributed by atoms with E-state index in [4.69, 9.17) is 18.9 Å². The number of hydrogen-bond donors (Lipinski definition) is 1. The highest BCUT2D eigenvalue weighted by atomic mass is 32.1. The van der Waals surface area contributed by atoms with Gasteiger partial charge in [-0.05, 0) is 134 Å². The standard InChI is InChI=1S/C73H84N2O7S3Si2/c1-51-46-66-62(30-31-63(69(66)83-51)57-24-16-53(17-25-57)55-20-28-59(29-21-55)65-48-61(50-76)85-68(65)33-35-73(5,6)7)56-22-14-52(15-23-56)54-18-26-58(27-19-54)64-47-60(84-67(64)32-34-72(2,3)4)49-75(71(78)82-43-45-87(11,12)13)37-39-80-41-40-79-38-36-74-70(77)81-42-44-86(8,9)10/h14-31,46-48,50H,36-45,49H2,1-13H3,(H,74,77). The number of carbonyl (C=O) groups excluding carboxylic acids is 3. The van der Waals surface area contributed by atoms with Crippen molar-refractivity contribution in [3.8, 4) is 90.4 Å². The molecule has 0 spiro atoms. The van der Waals surface area contributed by atoms with Crippen LogP contribution >= 0.6 is 34.0 Å². The number of benzene rings is 5. The first-order valence-electron chi connectivity index (χ1n) is 30.0. The molecule has 14 heteroatoms. The zero-order valence-electron chi connectivity index (χ0n) is 53.0. The summed E-state index contributed by atoms with van der Waals surface area (Å²) < 4.78 is 24.1.